The van der Waals surface area contributed by atoms with E-state index in [1.807, 2.05) is 0 Å². The maximum Gasteiger partial charge on any atom is 0.187 e. The van der Waals surface area contributed by atoms with E-state index in [4.69, 9.17) is 52.1 Å². The highest BCUT2D eigenvalue weighted by molar-refractivity contribution is 4.97. The number of aliphatic hydroxyl groups is 20. The van der Waals surface area contributed by atoms with Crippen molar-refractivity contribution < 1.29 is 154 Å². The summed E-state index contributed by atoms with van der Waals surface area (Å²) < 4.78 is 60.4. The molecule has 0 aliphatic carbocycles. The fraction of sp³-hybridized carbons (Fsp3) is 1.00. The van der Waals surface area contributed by atoms with Crippen LogP contribution in [0.4, 0.5) is 0 Å². The largest absolute Gasteiger partial charge is 0.394 e. The molecule has 0 aromatic rings. The maximum absolute atomic E-state index is 11.5. The lowest BCUT2D eigenvalue weighted by Gasteiger charge is -2.47. The average Bonchev–Trinajstić information content (AvgIpc) is 3.31. The zero-order valence-corrected chi connectivity index (χ0v) is 35.0. The Morgan fingerprint density at radius 3 is 0.896 bits per heavy atom. The summed E-state index contributed by atoms with van der Waals surface area (Å²) in [7, 11) is 0. The minimum Gasteiger partial charge on any atom is -0.394 e. The van der Waals surface area contributed by atoms with Gasteiger partial charge in [0.15, 0.2) is 37.7 Å². The van der Waals surface area contributed by atoms with E-state index < -0.39 is 224 Å². The Labute approximate surface area is 378 Å². The van der Waals surface area contributed by atoms with Crippen LogP contribution in [0, 0.1) is 0 Å². The fourth-order valence-electron chi connectivity index (χ4n) is 8.09. The van der Waals surface area contributed by atoms with Gasteiger partial charge < -0.3 is 154 Å². The summed E-state index contributed by atoms with van der Waals surface area (Å²) in [5.41, 5.74) is 0. The predicted octanol–water partition coefficient (Wildman–Crippen LogP) is -14.1. The van der Waals surface area contributed by atoms with Gasteiger partial charge in [0, 0.05) is 0 Å². The van der Waals surface area contributed by atoms with Crippen molar-refractivity contribution in [2.45, 2.75) is 184 Å². The molecule has 6 rings (SSSR count). The van der Waals surface area contributed by atoms with Gasteiger partial charge in [0.05, 0.1) is 39.6 Å². The van der Waals surface area contributed by atoms with Crippen molar-refractivity contribution in [3.63, 3.8) is 0 Å². The summed E-state index contributed by atoms with van der Waals surface area (Å²) in [6.07, 6.45) is -55.8. The maximum atomic E-state index is 11.5. The van der Waals surface area contributed by atoms with E-state index in [1.165, 1.54) is 0 Å². The molecule has 67 heavy (non-hydrogen) atoms. The highest BCUT2D eigenvalue weighted by Crippen LogP contribution is 2.33. The molecule has 0 aromatic heterocycles. The van der Waals surface area contributed by atoms with Crippen LogP contribution in [0.2, 0.25) is 0 Å². The van der Waals surface area contributed by atoms with Crippen molar-refractivity contribution >= 4 is 0 Å². The molecule has 6 aliphatic rings. The highest BCUT2D eigenvalue weighted by atomic mass is 16.8. The SMILES string of the molecule is OC[C@H]1O[C@H](OC[C@H]2O[C@H](OC[C@H]3O[C@H](OC[C@H]4O[C@H](OC[C@H]5OC(O)[C@H](O)[C@@H](O)[C@@H]5O)[C@H](O)[C@@H](O)[C@@H]4O)[C@H](O)[C@@H](O[C@H]4O[C@H](CO)[C@@H](O)[C@H](O)[C@H]4O)[C@@H]3O)[C@H](O)[C@@H](O)[C@@H]2O)[C@H](O)[C@@H](O)[C@@H]1O. The topological polar surface area (TPSA) is 506 Å². The Hall–Kier alpha value is -1.24. The molecule has 6 saturated heterocycles. The first-order valence-corrected chi connectivity index (χ1v) is 21.1. The molecule has 6 aliphatic heterocycles. The lowest BCUT2D eigenvalue weighted by Crippen LogP contribution is -2.65. The number of rotatable bonds is 16. The smallest absolute Gasteiger partial charge is 0.187 e. The molecule has 0 bridgehead atoms. The first-order valence-electron chi connectivity index (χ1n) is 21.1. The zero-order valence-electron chi connectivity index (χ0n) is 35.0. The van der Waals surface area contributed by atoms with Crippen molar-refractivity contribution in [2.75, 3.05) is 39.6 Å². The fourth-order valence-corrected chi connectivity index (χ4v) is 8.09. The molecule has 0 aromatic carbocycles. The summed E-state index contributed by atoms with van der Waals surface area (Å²) in [4.78, 5) is 0. The molecule has 20 N–H and O–H groups in total. The molecule has 6 fully saturated rings. The van der Waals surface area contributed by atoms with E-state index in [9.17, 15) is 102 Å². The Balaban J connectivity index is 1.14. The molecule has 30 atom stereocenters. The van der Waals surface area contributed by atoms with Crippen LogP contribution in [0.5, 0.6) is 0 Å². The average molecular weight is 991 g/mol. The van der Waals surface area contributed by atoms with Crippen LogP contribution >= 0.6 is 0 Å². The van der Waals surface area contributed by atoms with E-state index >= 15 is 0 Å². The Morgan fingerprint density at radius 1 is 0.254 bits per heavy atom. The van der Waals surface area contributed by atoms with Gasteiger partial charge in [0.1, 0.15) is 146 Å². The summed E-state index contributed by atoms with van der Waals surface area (Å²) >= 11 is 0. The van der Waals surface area contributed by atoms with Gasteiger partial charge >= 0.3 is 0 Å². The standard InChI is InChI=1S/C36H62O31/c37-1-7-13(39)20(46)25(51)32(62-7)58-4-10-16(42)22(48)27(53)34(64-10)59-6-12-18(44)30(67-36-28(54)21(47)14(40)8(2-38)63-36)29(55)35(66-12)60-5-11-17(43)23(49)26(52)33(65-11)57-3-9-15(41)19(45)24(50)31(56)61-9/h7-56H,1-6H2/t7-,8-,9-,10-,11-,12-,13-,14-,15-,16-,17-,18-,19+,20+,21+,22+,23+,24-,25-,26-,27-,28-,29-,30+,31?,32+,33+,34+,35+,36-/m1/s1. The second-order valence-electron chi connectivity index (χ2n) is 16.9. The first kappa shape index (κ1) is 55.1. The van der Waals surface area contributed by atoms with Gasteiger partial charge in [-0.25, -0.2) is 0 Å². The van der Waals surface area contributed by atoms with Crippen molar-refractivity contribution in [3.8, 4) is 0 Å². The molecule has 0 saturated carbocycles. The lowest BCUT2D eigenvalue weighted by molar-refractivity contribution is -0.372. The number of ether oxygens (including phenoxy) is 11. The second kappa shape index (κ2) is 23.5. The molecular weight excluding hydrogens is 928 g/mol. The van der Waals surface area contributed by atoms with Gasteiger partial charge in [-0.1, -0.05) is 0 Å². The predicted molar refractivity (Wildman–Crippen MR) is 199 cm³/mol. The van der Waals surface area contributed by atoms with Gasteiger partial charge in [0.25, 0.3) is 0 Å². The van der Waals surface area contributed by atoms with Crippen LogP contribution in [0.1, 0.15) is 0 Å². The molecule has 31 heteroatoms. The molecule has 31 nitrogen and oxygen atoms in total. The molecule has 0 spiro atoms. The summed E-state index contributed by atoms with van der Waals surface area (Å²) in [5.74, 6) is 0. The Morgan fingerprint density at radius 2 is 0.522 bits per heavy atom. The summed E-state index contributed by atoms with van der Waals surface area (Å²) in [6, 6.07) is 0. The van der Waals surface area contributed by atoms with Crippen LogP contribution < -0.4 is 0 Å². The van der Waals surface area contributed by atoms with Crippen LogP contribution in [-0.2, 0) is 52.1 Å². The Kier molecular flexibility index (Phi) is 19.4. The van der Waals surface area contributed by atoms with Crippen molar-refractivity contribution in [1.29, 1.82) is 0 Å². The van der Waals surface area contributed by atoms with Crippen molar-refractivity contribution in [3.05, 3.63) is 0 Å². The number of hydrogen-bond acceptors (Lipinski definition) is 31. The van der Waals surface area contributed by atoms with Gasteiger partial charge in [0.2, 0.25) is 0 Å². The third kappa shape index (κ3) is 11.8. The van der Waals surface area contributed by atoms with E-state index in [1.54, 1.807) is 0 Å². The van der Waals surface area contributed by atoms with Crippen LogP contribution in [-0.4, -0.2) is 326 Å². The van der Waals surface area contributed by atoms with E-state index in [2.05, 4.69) is 0 Å². The third-order valence-corrected chi connectivity index (χ3v) is 12.4. The molecule has 392 valence electrons. The zero-order chi connectivity index (χ0) is 49.3. The van der Waals surface area contributed by atoms with Gasteiger partial charge in [-0.05, 0) is 0 Å². The monoisotopic (exact) mass is 990 g/mol. The lowest BCUT2D eigenvalue weighted by atomic mass is 9.96. The highest BCUT2D eigenvalue weighted by Gasteiger charge is 2.54. The second-order valence-corrected chi connectivity index (χ2v) is 16.9. The van der Waals surface area contributed by atoms with Crippen molar-refractivity contribution in [2.24, 2.45) is 0 Å². The van der Waals surface area contributed by atoms with Crippen molar-refractivity contribution in [1.82, 2.24) is 0 Å². The minimum absolute atomic E-state index is 0.734. The van der Waals surface area contributed by atoms with Crippen LogP contribution in [0.3, 0.4) is 0 Å². The Bertz CT molecular complexity index is 1510. The normalized spacial score (nSPS) is 53.4. The van der Waals surface area contributed by atoms with Gasteiger partial charge in [-0.15, -0.1) is 0 Å². The molecular formula is C36H62O31. The molecule has 0 radical (unpaired) electrons. The van der Waals surface area contributed by atoms with E-state index in [0.29, 0.717) is 0 Å². The first-order chi connectivity index (χ1) is 31.6. The minimum atomic E-state index is -2.13. The van der Waals surface area contributed by atoms with Gasteiger partial charge in [-0.3, -0.25) is 0 Å². The summed E-state index contributed by atoms with van der Waals surface area (Å²) in [5, 5.41) is 208. The van der Waals surface area contributed by atoms with E-state index in [0.717, 1.165) is 0 Å². The molecule has 6 heterocycles. The van der Waals surface area contributed by atoms with Crippen LogP contribution in [0.15, 0.2) is 0 Å². The molecule has 1 unspecified atom stereocenters. The van der Waals surface area contributed by atoms with E-state index in [-0.39, 0.29) is 0 Å². The third-order valence-electron chi connectivity index (χ3n) is 12.4. The van der Waals surface area contributed by atoms with Gasteiger partial charge in [-0.2, -0.15) is 0 Å². The quantitative estimate of drug-likeness (QED) is 0.0683. The number of hydrogen-bond donors (Lipinski definition) is 20. The summed E-state index contributed by atoms with van der Waals surface area (Å²) in [6.45, 7) is -4.92. The molecule has 0 amide bonds. The number of aliphatic hydroxyl groups excluding tert-OH is 20. The van der Waals surface area contributed by atoms with Crippen LogP contribution in [0.25, 0.3) is 0 Å².